The van der Waals surface area contributed by atoms with Gasteiger partial charge in [0, 0.05) is 32.7 Å². The van der Waals surface area contributed by atoms with Crippen molar-refractivity contribution in [2.45, 2.75) is 25.8 Å². The Balaban J connectivity index is 1.47. The van der Waals surface area contributed by atoms with Crippen LogP contribution >= 0.6 is 0 Å². The number of carbonyl (C=O) groups excluding carboxylic acids is 1. The van der Waals surface area contributed by atoms with Gasteiger partial charge in [-0.15, -0.1) is 0 Å². The van der Waals surface area contributed by atoms with Crippen LogP contribution in [-0.2, 0) is 11.3 Å². The summed E-state index contributed by atoms with van der Waals surface area (Å²) >= 11 is 0. The highest BCUT2D eigenvalue weighted by atomic mass is 16.2. The molecule has 2 aliphatic heterocycles. The number of nitriles is 1. The lowest BCUT2D eigenvalue weighted by Crippen LogP contribution is -2.40. The van der Waals surface area contributed by atoms with Crippen LogP contribution in [0.15, 0.2) is 24.3 Å². The van der Waals surface area contributed by atoms with Gasteiger partial charge in [0.1, 0.15) is 0 Å². The number of carbonyl (C=O) groups is 1. The molecule has 0 saturated carbocycles. The molecular weight excluding hydrogens is 300 g/mol. The lowest BCUT2D eigenvalue weighted by atomic mass is 10.1. The average Bonchev–Trinajstić information content (AvgIpc) is 3.06. The van der Waals surface area contributed by atoms with E-state index in [1.807, 2.05) is 29.2 Å². The molecule has 0 aromatic heterocycles. The second kappa shape index (κ2) is 8.27. The maximum atomic E-state index is 12.3. The SMILES string of the molecule is N#Cc1ccc(CN2CCCN(CC(=O)N3CCCC3)CC2)cc1. The van der Waals surface area contributed by atoms with Crippen LogP contribution in [0.3, 0.4) is 0 Å². The molecule has 24 heavy (non-hydrogen) atoms. The molecule has 5 heteroatoms. The second-order valence-electron chi connectivity index (χ2n) is 6.80. The van der Waals surface area contributed by atoms with Gasteiger partial charge in [-0.3, -0.25) is 14.6 Å². The van der Waals surface area contributed by atoms with E-state index in [-0.39, 0.29) is 0 Å². The number of hydrogen-bond acceptors (Lipinski definition) is 4. The summed E-state index contributed by atoms with van der Waals surface area (Å²) in [6.45, 7) is 7.39. The maximum absolute atomic E-state index is 12.3. The number of likely N-dealkylation sites (tertiary alicyclic amines) is 1. The Morgan fingerprint density at radius 3 is 2.29 bits per heavy atom. The second-order valence-corrected chi connectivity index (χ2v) is 6.80. The summed E-state index contributed by atoms with van der Waals surface area (Å²) in [5.74, 6) is 0.299. The number of nitrogens with zero attached hydrogens (tertiary/aromatic N) is 4. The molecule has 1 aromatic rings. The van der Waals surface area contributed by atoms with Gasteiger partial charge in [-0.25, -0.2) is 0 Å². The first-order chi connectivity index (χ1) is 11.7. The molecule has 1 amide bonds. The summed E-state index contributed by atoms with van der Waals surface area (Å²) in [4.78, 5) is 19.1. The number of amides is 1. The van der Waals surface area contributed by atoms with Crippen LogP contribution in [0.25, 0.3) is 0 Å². The molecule has 2 aliphatic rings. The molecule has 3 rings (SSSR count). The zero-order chi connectivity index (χ0) is 16.8. The predicted octanol–water partition coefficient (Wildman–Crippen LogP) is 1.69. The van der Waals surface area contributed by atoms with Crippen molar-refractivity contribution < 1.29 is 4.79 Å². The molecule has 0 bridgehead atoms. The molecule has 1 aromatic carbocycles. The molecule has 0 aliphatic carbocycles. The van der Waals surface area contributed by atoms with Crippen molar-refractivity contribution in [3.63, 3.8) is 0 Å². The lowest BCUT2D eigenvalue weighted by molar-refractivity contribution is -0.131. The van der Waals surface area contributed by atoms with Crippen molar-refractivity contribution in [3.05, 3.63) is 35.4 Å². The van der Waals surface area contributed by atoms with Gasteiger partial charge in [-0.2, -0.15) is 5.26 Å². The Morgan fingerprint density at radius 2 is 1.58 bits per heavy atom. The molecule has 5 nitrogen and oxygen atoms in total. The Hall–Kier alpha value is -1.90. The van der Waals surface area contributed by atoms with Crippen LogP contribution in [-0.4, -0.2) is 66.4 Å². The first kappa shape index (κ1) is 16.9. The van der Waals surface area contributed by atoms with Crippen LogP contribution in [0.2, 0.25) is 0 Å². The zero-order valence-corrected chi connectivity index (χ0v) is 14.3. The topological polar surface area (TPSA) is 50.6 Å². The third-order valence-corrected chi connectivity index (χ3v) is 4.99. The van der Waals surface area contributed by atoms with E-state index in [2.05, 4.69) is 15.9 Å². The van der Waals surface area contributed by atoms with Crippen LogP contribution in [0.1, 0.15) is 30.4 Å². The summed E-state index contributed by atoms with van der Waals surface area (Å²) in [6.07, 6.45) is 3.41. The van der Waals surface area contributed by atoms with Gasteiger partial charge in [0.05, 0.1) is 18.2 Å². The van der Waals surface area contributed by atoms with Crippen molar-refractivity contribution in [2.75, 3.05) is 45.8 Å². The molecule has 2 saturated heterocycles. The van der Waals surface area contributed by atoms with E-state index < -0.39 is 0 Å². The van der Waals surface area contributed by atoms with Crippen LogP contribution in [0.4, 0.5) is 0 Å². The summed E-state index contributed by atoms with van der Waals surface area (Å²) in [7, 11) is 0. The summed E-state index contributed by atoms with van der Waals surface area (Å²) in [5.41, 5.74) is 1.96. The Bertz CT molecular complexity index is 586. The fourth-order valence-corrected chi connectivity index (χ4v) is 3.54. The number of rotatable bonds is 4. The first-order valence-corrected chi connectivity index (χ1v) is 8.96. The molecule has 0 radical (unpaired) electrons. The summed E-state index contributed by atoms with van der Waals surface area (Å²) in [6, 6.07) is 10.0. The average molecular weight is 326 g/mol. The monoisotopic (exact) mass is 326 g/mol. The van der Waals surface area contributed by atoms with Crippen molar-refractivity contribution >= 4 is 5.91 Å². The molecule has 0 N–H and O–H groups in total. The van der Waals surface area contributed by atoms with Gasteiger partial charge in [0.2, 0.25) is 5.91 Å². The Labute approximate surface area is 144 Å². The van der Waals surface area contributed by atoms with Crippen LogP contribution < -0.4 is 0 Å². The highest BCUT2D eigenvalue weighted by molar-refractivity contribution is 5.78. The van der Waals surface area contributed by atoms with E-state index in [1.54, 1.807) is 0 Å². The molecular formula is C19H26N4O. The molecule has 0 unspecified atom stereocenters. The first-order valence-electron chi connectivity index (χ1n) is 8.96. The smallest absolute Gasteiger partial charge is 0.236 e. The van der Waals surface area contributed by atoms with Crippen LogP contribution in [0, 0.1) is 11.3 Å². The highest BCUT2D eigenvalue weighted by Crippen LogP contribution is 2.12. The van der Waals surface area contributed by atoms with E-state index in [0.717, 1.165) is 65.1 Å². The van der Waals surface area contributed by atoms with Crippen LogP contribution in [0.5, 0.6) is 0 Å². The van der Waals surface area contributed by atoms with Crippen molar-refractivity contribution in [1.82, 2.24) is 14.7 Å². The fraction of sp³-hybridized carbons (Fsp3) is 0.579. The largest absolute Gasteiger partial charge is 0.342 e. The quantitative estimate of drug-likeness (QED) is 0.845. The molecule has 2 fully saturated rings. The lowest BCUT2D eigenvalue weighted by Gasteiger charge is -2.24. The van der Waals surface area contributed by atoms with Crippen molar-refractivity contribution in [3.8, 4) is 6.07 Å². The van der Waals surface area contributed by atoms with E-state index in [1.165, 1.54) is 5.56 Å². The van der Waals surface area contributed by atoms with Gasteiger partial charge in [0.15, 0.2) is 0 Å². The third-order valence-electron chi connectivity index (χ3n) is 4.99. The minimum absolute atomic E-state index is 0.299. The van der Waals surface area contributed by atoms with Gasteiger partial charge < -0.3 is 4.90 Å². The molecule has 0 atom stereocenters. The fourth-order valence-electron chi connectivity index (χ4n) is 3.54. The summed E-state index contributed by atoms with van der Waals surface area (Å²) < 4.78 is 0. The predicted molar refractivity (Wildman–Crippen MR) is 93.3 cm³/mol. The molecule has 128 valence electrons. The normalized spacial score (nSPS) is 19.9. The third kappa shape index (κ3) is 4.56. The van der Waals surface area contributed by atoms with E-state index in [9.17, 15) is 4.79 Å². The van der Waals surface area contributed by atoms with E-state index in [4.69, 9.17) is 5.26 Å². The minimum Gasteiger partial charge on any atom is -0.342 e. The standard InChI is InChI=1S/C19H26N4O/c20-14-17-4-6-18(7-5-17)15-21-8-3-9-22(13-12-21)16-19(24)23-10-1-2-11-23/h4-7H,1-3,8-13,15-16H2. The number of hydrogen-bond donors (Lipinski definition) is 0. The number of benzene rings is 1. The zero-order valence-electron chi connectivity index (χ0n) is 14.3. The van der Waals surface area contributed by atoms with E-state index >= 15 is 0 Å². The minimum atomic E-state index is 0.299. The van der Waals surface area contributed by atoms with Gasteiger partial charge >= 0.3 is 0 Å². The van der Waals surface area contributed by atoms with Crippen molar-refractivity contribution in [1.29, 1.82) is 5.26 Å². The summed E-state index contributed by atoms with van der Waals surface area (Å²) in [5, 5.41) is 8.87. The molecule has 2 heterocycles. The Morgan fingerprint density at radius 1 is 0.917 bits per heavy atom. The maximum Gasteiger partial charge on any atom is 0.236 e. The molecule has 0 spiro atoms. The highest BCUT2D eigenvalue weighted by Gasteiger charge is 2.22. The van der Waals surface area contributed by atoms with E-state index in [0.29, 0.717) is 18.0 Å². The van der Waals surface area contributed by atoms with Crippen molar-refractivity contribution in [2.24, 2.45) is 0 Å². The van der Waals surface area contributed by atoms with Gasteiger partial charge in [-0.05, 0) is 50.0 Å². The van der Waals surface area contributed by atoms with Gasteiger partial charge in [-0.1, -0.05) is 12.1 Å². The Kier molecular flexibility index (Phi) is 5.84. The van der Waals surface area contributed by atoms with Gasteiger partial charge in [0.25, 0.3) is 0 Å².